The monoisotopic (exact) mass is 263 g/mol. The summed E-state index contributed by atoms with van der Waals surface area (Å²) in [7, 11) is 1.35. The maximum absolute atomic E-state index is 13.2. The van der Waals surface area contributed by atoms with Gasteiger partial charge >= 0.3 is 5.97 Å². The van der Waals surface area contributed by atoms with Gasteiger partial charge in [-0.1, -0.05) is 0 Å². The molecule has 1 fully saturated rings. The third kappa shape index (κ3) is 2.97. The Hall–Kier alpha value is -1.20. The number of halogens is 2. The van der Waals surface area contributed by atoms with Gasteiger partial charge in [-0.3, -0.25) is 4.79 Å². The van der Waals surface area contributed by atoms with E-state index in [1.54, 1.807) is 0 Å². The Balaban J connectivity index is 2.78. The summed E-state index contributed by atoms with van der Waals surface area (Å²) < 4.78 is 26.5. The molecule has 0 radical (unpaired) electrons. The van der Waals surface area contributed by atoms with E-state index in [1.165, 1.54) is 20.9 Å². The van der Waals surface area contributed by atoms with Crippen molar-refractivity contribution in [3.63, 3.8) is 0 Å². The van der Waals surface area contributed by atoms with Crippen molar-refractivity contribution >= 4 is 11.9 Å². The van der Waals surface area contributed by atoms with Gasteiger partial charge in [0, 0.05) is 25.8 Å². The summed E-state index contributed by atoms with van der Waals surface area (Å²) in [5, 5.41) is 9.02. The molecule has 0 aromatic carbocycles. The van der Waals surface area contributed by atoms with Crippen molar-refractivity contribution in [1.29, 1.82) is 0 Å². The lowest BCUT2D eigenvalue weighted by atomic mass is 9.85. The number of hydrogen-bond acceptors (Lipinski definition) is 2. The Bertz CT molecular complexity index is 355. The van der Waals surface area contributed by atoms with Crippen molar-refractivity contribution in [2.75, 3.05) is 7.05 Å². The van der Waals surface area contributed by atoms with Gasteiger partial charge in [0.15, 0.2) is 0 Å². The number of aliphatic carboxylic acids is 1. The van der Waals surface area contributed by atoms with Gasteiger partial charge in [0.1, 0.15) is 5.54 Å². The first-order chi connectivity index (χ1) is 8.08. The van der Waals surface area contributed by atoms with E-state index in [1.807, 2.05) is 0 Å². The van der Waals surface area contributed by atoms with Gasteiger partial charge in [0.05, 0.1) is 0 Å². The largest absolute Gasteiger partial charge is 0.480 e. The predicted octanol–water partition coefficient (Wildman–Crippen LogP) is 2.13. The number of carbonyl (C=O) groups excluding carboxylic acids is 1. The molecular weight excluding hydrogens is 244 g/mol. The maximum Gasteiger partial charge on any atom is 0.329 e. The molecule has 1 N–H and O–H groups in total. The summed E-state index contributed by atoms with van der Waals surface area (Å²) in [6.45, 7) is 2.77. The Morgan fingerprint density at radius 3 is 2.39 bits per heavy atom. The third-order valence-corrected chi connectivity index (χ3v) is 3.68. The quantitative estimate of drug-likeness (QED) is 0.848. The number of carboxylic acids is 1. The van der Waals surface area contributed by atoms with Crippen molar-refractivity contribution < 1.29 is 23.5 Å². The summed E-state index contributed by atoms with van der Waals surface area (Å²) in [4.78, 5) is 24.2. The van der Waals surface area contributed by atoms with E-state index >= 15 is 0 Å². The fraction of sp³-hybridized carbons (Fsp3) is 0.833. The summed E-state index contributed by atoms with van der Waals surface area (Å²) in [5.41, 5.74) is -1.39. The highest BCUT2D eigenvalue weighted by molar-refractivity contribution is 5.87. The molecule has 1 unspecified atom stereocenters. The second kappa shape index (κ2) is 4.82. The number of carbonyl (C=O) groups is 2. The van der Waals surface area contributed by atoms with Crippen molar-refractivity contribution in [1.82, 2.24) is 4.90 Å². The van der Waals surface area contributed by atoms with Gasteiger partial charge in [-0.15, -0.1) is 0 Å². The zero-order valence-corrected chi connectivity index (χ0v) is 10.9. The molecule has 0 bridgehead atoms. The number of alkyl halides is 2. The normalized spacial score (nSPS) is 23.5. The van der Waals surface area contributed by atoms with E-state index in [9.17, 15) is 18.4 Å². The Labute approximate surface area is 105 Å². The maximum atomic E-state index is 13.2. The molecule has 1 aliphatic carbocycles. The number of amides is 1. The van der Waals surface area contributed by atoms with Crippen LogP contribution in [-0.4, -0.2) is 40.4 Å². The minimum atomic E-state index is -2.81. The van der Waals surface area contributed by atoms with Gasteiger partial charge in [-0.05, 0) is 26.7 Å². The van der Waals surface area contributed by atoms with Crippen LogP contribution in [0.5, 0.6) is 0 Å². The Morgan fingerprint density at radius 2 is 1.94 bits per heavy atom. The molecule has 1 aliphatic rings. The van der Waals surface area contributed by atoms with E-state index in [2.05, 4.69) is 0 Å². The topological polar surface area (TPSA) is 57.6 Å². The van der Waals surface area contributed by atoms with Crippen LogP contribution >= 0.6 is 0 Å². The predicted molar refractivity (Wildman–Crippen MR) is 61.4 cm³/mol. The molecule has 0 saturated heterocycles. The highest BCUT2D eigenvalue weighted by Gasteiger charge is 2.43. The lowest BCUT2D eigenvalue weighted by molar-refractivity contribution is -0.159. The second-order valence-electron chi connectivity index (χ2n) is 5.41. The Morgan fingerprint density at radius 1 is 1.39 bits per heavy atom. The molecule has 6 heteroatoms. The number of nitrogens with zero attached hydrogens (tertiary/aromatic N) is 1. The van der Waals surface area contributed by atoms with E-state index in [4.69, 9.17) is 5.11 Å². The number of hydrogen-bond donors (Lipinski definition) is 1. The highest BCUT2D eigenvalue weighted by Crippen LogP contribution is 2.37. The van der Waals surface area contributed by atoms with E-state index in [0.717, 1.165) is 4.90 Å². The third-order valence-electron chi connectivity index (χ3n) is 3.68. The van der Waals surface area contributed by atoms with Gasteiger partial charge in [0.2, 0.25) is 11.8 Å². The fourth-order valence-corrected chi connectivity index (χ4v) is 2.08. The van der Waals surface area contributed by atoms with E-state index < -0.39 is 35.7 Å². The van der Waals surface area contributed by atoms with Crippen LogP contribution in [0.15, 0.2) is 0 Å². The van der Waals surface area contributed by atoms with Crippen molar-refractivity contribution in [2.24, 2.45) is 5.92 Å². The first-order valence-corrected chi connectivity index (χ1v) is 5.97. The molecule has 104 valence electrons. The van der Waals surface area contributed by atoms with Crippen LogP contribution < -0.4 is 0 Å². The second-order valence-corrected chi connectivity index (χ2v) is 5.41. The summed E-state index contributed by atoms with van der Waals surface area (Å²) in [6, 6.07) is 0. The minimum Gasteiger partial charge on any atom is -0.480 e. The molecule has 0 heterocycles. The molecule has 0 aromatic heterocycles. The molecule has 0 aromatic rings. The van der Waals surface area contributed by atoms with Crippen LogP contribution in [0.4, 0.5) is 8.78 Å². The zero-order valence-electron chi connectivity index (χ0n) is 10.9. The fourth-order valence-electron chi connectivity index (χ4n) is 2.08. The molecule has 1 rings (SSSR count). The van der Waals surface area contributed by atoms with E-state index in [0.29, 0.717) is 12.8 Å². The molecule has 0 aliphatic heterocycles. The molecule has 1 saturated carbocycles. The lowest BCUT2D eigenvalue weighted by Gasteiger charge is -2.36. The average Bonchev–Trinajstić information content (AvgIpc) is 2.25. The number of likely N-dealkylation sites (N-methyl/N-ethyl adjacent to an activating group) is 1. The molecule has 1 atom stereocenters. The smallest absolute Gasteiger partial charge is 0.329 e. The first kappa shape index (κ1) is 14.9. The van der Waals surface area contributed by atoms with Crippen LogP contribution in [-0.2, 0) is 9.59 Å². The first-order valence-electron chi connectivity index (χ1n) is 5.97. The van der Waals surface area contributed by atoms with Crippen LogP contribution in [0.2, 0.25) is 0 Å². The van der Waals surface area contributed by atoms with Crippen LogP contribution in [0.25, 0.3) is 0 Å². The molecular formula is C12H19F2NO3. The lowest BCUT2D eigenvalue weighted by Crippen LogP contribution is -2.53. The van der Waals surface area contributed by atoms with Crippen molar-refractivity contribution in [2.45, 2.75) is 51.0 Å². The van der Waals surface area contributed by atoms with Gasteiger partial charge < -0.3 is 10.0 Å². The molecule has 4 nitrogen and oxygen atoms in total. The van der Waals surface area contributed by atoms with Gasteiger partial charge in [-0.2, -0.15) is 0 Å². The van der Waals surface area contributed by atoms with Crippen LogP contribution in [0.1, 0.15) is 39.5 Å². The average molecular weight is 263 g/mol. The summed E-state index contributed by atoms with van der Waals surface area (Å²) >= 11 is 0. The standard InChI is InChI=1S/C12H19F2NO3/c1-11(2,10(17)18)15(3)9(16)8-5-4-6-12(13,14)7-8/h8H,4-7H2,1-3H3,(H,17,18). The van der Waals surface area contributed by atoms with Crippen LogP contribution in [0, 0.1) is 5.92 Å². The van der Waals surface area contributed by atoms with Gasteiger partial charge in [-0.25, -0.2) is 13.6 Å². The van der Waals surface area contributed by atoms with E-state index in [-0.39, 0.29) is 6.42 Å². The Kier molecular flexibility index (Phi) is 3.98. The summed E-state index contributed by atoms with van der Waals surface area (Å²) in [5.74, 6) is -5.26. The van der Waals surface area contributed by atoms with Crippen molar-refractivity contribution in [3.05, 3.63) is 0 Å². The van der Waals surface area contributed by atoms with Crippen LogP contribution in [0.3, 0.4) is 0 Å². The van der Waals surface area contributed by atoms with Gasteiger partial charge in [0.25, 0.3) is 0 Å². The molecule has 0 spiro atoms. The minimum absolute atomic E-state index is 0.192. The van der Waals surface area contributed by atoms with Crippen molar-refractivity contribution in [3.8, 4) is 0 Å². The molecule has 18 heavy (non-hydrogen) atoms. The molecule has 1 amide bonds. The summed E-state index contributed by atoms with van der Waals surface area (Å²) in [6.07, 6.45) is 0.0217. The zero-order chi connectivity index (χ0) is 14.1. The highest BCUT2D eigenvalue weighted by atomic mass is 19.3. The number of rotatable bonds is 3. The number of carboxylic acid groups (broad SMARTS) is 1. The SMILES string of the molecule is CN(C(=O)C1CCCC(F)(F)C1)C(C)(C)C(=O)O.